The van der Waals surface area contributed by atoms with Crippen LogP contribution in [-0.4, -0.2) is 13.7 Å². The van der Waals surface area contributed by atoms with Crippen LogP contribution in [0.5, 0.6) is 11.5 Å². The molecule has 4 aromatic heterocycles. The number of para-hydroxylation sites is 6. The lowest BCUT2D eigenvalue weighted by Crippen LogP contribution is -1.95. The third-order valence-corrected chi connectivity index (χ3v) is 14.5. The van der Waals surface area contributed by atoms with Crippen molar-refractivity contribution in [1.29, 1.82) is 0 Å². The van der Waals surface area contributed by atoms with E-state index in [4.69, 9.17) is 9.15 Å². The molecular formula is C66H41N3O2. The van der Waals surface area contributed by atoms with Gasteiger partial charge in [-0.2, -0.15) is 0 Å². The van der Waals surface area contributed by atoms with Crippen molar-refractivity contribution in [1.82, 2.24) is 13.7 Å². The van der Waals surface area contributed by atoms with E-state index >= 15 is 0 Å². The summed E-state index contributed by atoms with van der Waals surface area (Å²) in [5.41, 5.74) is 16.5. The Bertz CT molecular complexity index is 4390. The quantitative estimate of drug-likeness (QED) is 0.160. The Balaban J connectivity index is 0.907. The van der Waals surface area contributed by atoms with E-state index in [1.54, 1.807) is 0 Å². The molecule has 0 spiro atoms. The summed E-state index contributed by atoms with van der Waals surface area (Å²) < 4.78 is 20.2. The van der Waals surface area contributed by atoms with Gasteiger partial charge in [-0.25, -0.2) is 0 Å². The normalized spacial score (nSPS) is 11.9. The first-order valence-electron chi connectivity index (χ1n) is 24.1. The van der Waals surface area contributed by atoms with E-state index in [0.29, 0.717) is 5.75 Å². The highest BCUT2D eigenvalue weighted by Crippen LogP contribution is 2.42. The van der Waals surface area contributed by atoms with E-state index < -0.39 is 0 Å². The highest BCUT2D eigenvalue weighted by molar-refractivity contribution is 6.15. The van der Waals surface area contributed by atoms with Crippen LogP contribution >= 0.6 is 0 Å². The number of hydrogen-bond acceptors (Lipinski definition) is 2. The van der Waals surface area contributed by atoms with Crippen molar-refractivity contribution in [3.63, 3.8) is 0 Å². The second-order valence-electron chi connectivity index (χ2n) is 18.5. The predicted octanol–water partition coefficient (Wildman–Crippen LogP) is 18.0. The van der Waals surface area contributed by atoms with E-state index in [-0.39, 0.29) is 0 Å². The first kappa shape index (κ1) is 39.4. The van der Waals surface area contributed by atoms with Gasteiger partial charge in [0, 0.05) is 66.2 Å². The largest absolute Gasteiger partial charge is 0.453 e. The van der Waals surface area contributed by atoms with Crippen molar-refractivity contribution in [2.45, 2.75) is 0 Å². The van der Waals surface area contributed by atoms with Crippen molar-refractivity contribution in [2.24, 2.45) is 0 Å². The van der Waals surface area contributed by atoms with Gasteiger partial charge in [0.25, 0.3) is 0 Å². The van der Waals surface area contributed by atoms with E-state index in [0.717, 1.165) is 66.9 Å². The van der Waals surface area contributed by atoms with Gasteiger partial charge >= 0.3 is 0 Å². The topological polar surface area (TPSA) is 37.2 Å². The summed E-state index contributed by atoms with van der Waals surface area (Å²) in [7, 11) is 0. The number of nitrogens with zero attached hydrogens (tertiary/aromatic N) is 3. The molecule has 0 unspecified atom stereocenters. The van der Waals surface area contributed by atoms with Crippen LogP contribution in [0.3, 0.4) is 0 Å². The van der Waals surface area contributed by atoms with Crippen molar-refractivity contribution in [3.05, 3.63) is 249 Å². The van der Waals surface area contributed by atoms with Gasteiger partial charge in [0.1, 0.15) is 11.3 Å². The smallest absolute Gasteiger partial charge is 0.177 e. The third kappa shape index (κ3) is 6.13. The molecule has 5 heteroatoms. The van der Waals surface area contributed by atoms with Gasteiger partial charge in [0.05, 0.1) is 33.1 Å². The van der Waals surface area contributed by atoms with Crippen LogP contribution in [0.15, 0.2) is 253 Å². The maximum Gasteiger partial charge on any atom is 0.177 e. The Morgan fingerprint density at radius 2 is 0.662 bits per heavy atom. The van der Waals surface area contributed by atoms with E-state index in [1.807, 2.05) is 36.4 Å². The summed E-state index contributed by atoms with van der Waals surface area (Å²) in [5, 5.41) is 9.37. The first-order valence-corrected chi connectivity index (χ1v) is 24.1. The Morgan fingerprint density at radius 1 is 0.268 bits per heavy atom. The summed E-state index contributed by atoms with van der Waals surface area (Å²) in [6.07, 6.45) is 0. The van der Waals surface area contributed by atoms with Gasteiger partial charge in [-0.3, -0.25) is 0 Å². The Kier molecular flexibility index (Phi) is 8.59. The van der Waals surface area contributed by atoms with Crippen molar-refractivity contribution >= 4 is 87.4 Å². The zero-order chi connectivity index (χ0) is 46.6. The van der Waals surface area contributed by atoms with E-state index in [1.165, 1.54) is 65.5 Å². The molecule has 71 heavy (non-hydrogen) atoms. The average molecular weight is 908 g/mol. The van der Waals surface area contributed by atoms with E-state index in [9.17, 15) is 0 Å². The summed E-state index contributed by atoms with van der Waals surface area (Å²) in [5.74, 6) is 1.41. The highest BCUT2D eigenvalue weighted by Gasteiger charge is 2.20. The minimum atomic E-state index is 0.681. The number of rotatable bonds is 7. The molecule has 4 heterocycles. The maximum absolute atomic E-state index is 6.72. The highest BCUT2D eigenvalue weighted by atomic mass is 16.5. The van der Waals surface area contributed by atoms with Gasteiger partial charge in [0.15, 0.2) is 11.3 Å². The molecule has 0 N–H and O–H groups in total. The predicted molar refractivity (Wildman–Crippen MR) is 294 cm³/mol. The van der Waals surface area contributed by atoms with Gasteiger partial charge in [-0.15, -0.1) is 0 Å². The minimum absolute atomic E-state index is 0.681. The Morgan fingerprint density at radius 3 is 1.20 bits per heavy atom. The molecule has 15 rings (SSSR count). The minimum Gasteiger partial charge on any atom is -0.453 e. The molecule has 332 valence electrons. The van der Waals surface area contributed by atoms with Crippen LogP contribution in [0.4, 0.5) is 0 Å². The third-order valence-electron chi connectivity index (χ3n) is 14.5. The van der Waals surface area contributed by atoms with Crippen LogP contribution in [-0.2, 0) is 0 Å². The SMILES string of the molecule is c1ccc(-n2c3ccccc3c3cc(-c4ccc5c(c4)c4cc(-c6ccc7c(c6)c6ccccc6n7-c6ccccc6)ccc4n5-c4cccc(Oc5cccc6c5oc5ccccc56)c4)ccc32)cc1. The zero-order valence-corrected chi connectivity index (χ0v) is 38.3. The lowest BCUT2D eigenvalue weighted by Gasteiger charge is -2.12. The number of benzene rings is 11. The van der Waals surface area contributed by atoms with Crippen LogP contribution in [0, 0.1) is 0 Å². The lowest BCUT2D eigenvalue weighted by atomic mass is 9.98. The van der Waals surface area contributed by atoms with Crippen LogP contribution < -0.4 is 4.74 Å². The fraction of sp³-hybridized carbons (Fsp3) is 0. The molecular weight excluding hydrogens is 867 g/mol. The van der Waals surface area contributed by atoms with Crippen molar-refractivity contribution in [2.75, 3.05) is 0 Å². The maximum atomic E-state index is 6.72. The van der Waals surface area contributed by atoms with Gasteiger partial charge in [-0.1, -0.05) is 133 Å². The summed E-state index contributed by atoms with van der Waals surface area (Å²) >= 11 is 0. The Hall–Kier alpha value is -9.58. The molecule has 0 saturated heterocycles. The molecule has 0 aliphatic carbocycles. The van der Waals surface area contributed by atoms with E-state index in [2.05, 4.69) is 226 Å². The van der Waals surface area contributed by atoms with Crippen LogP contribution in [0.1, 0.15) is 0 Å². The molecule has 5 nitrogen and oxygen atoms in total. The Labute approximate surface area is 407 Å². The number of fused-ring (bicyclic) bond motifs is 12. The lowest BCUT2D eigenvalue weighted by molar-refractivity contribution is 0.476. The molecule has 0 bridgehead atoms. The number of hydrogen-bond donors (Lipinski definition) is 0. The number of furan rings is 1. The molecule has 15 aromatic rings. The molecule has 0 atom stereocenters. The molecule has 0 fully saturated rings. The number of ether oxygens (including phenoxy) is 1. The first-order chi connectivity index (χ1) is 35.2. The van der Waals surface area contributed by atoms with Gasteiger partial charge in [0.2, 0.25) is 0 Å². The molecule has 0 aliphatic rings. The summed E-state index contributed by atoms with van der Waals surface area (Å²) in [4.78, 5) is 0. The molecule has 0 aliphatic heterocycles. The monoisotopic (exact) mass is 907 g/mol. The fourth-order valence-corrected chi connectivity index (χ4v) is 11.3. The van der Waals surface area contributed by atoms with Gasteiger partial charge in [-0.05, 0) is 131 Å². The van der Waals surface area contributed by atoms with Crippen LogP contribution in [0.2, 0.25) is 0 Å². The summed E-state index contributed by atoms with van der Waals surface area (Å²) in [6, 6.07) is 89.1. The van der Waals surface area contributed by atoms with Gasteiger partial charge < -0.3 is 22.9 Å². The van der Waals surface area contributed by atoms with Crippen molar-refractivity contribution in [3.8, 4) is 50.8 Å². The molecule has 0 saturated carbocycles. The number of aromatic nitrogens is 3. The second kappa shape index (κ2) is 15.5. The zero-order valence-electron chi connectivity index (χ0n) is 38.3. The standard InChI is InChI=1S/C66H41N3O2/c1-3-15-46(16-4-1)67-58-25-10-7-21-50(58)54-37-42(29-33-60(54)67)44-31-35-62-56(39-44)57-40-45(43-30-34-61-55(38-43)51-22-8-11-26-59(51)68(61)47-17-5-2-6-18-47)32-36-63(57)69(62)48-19-13-20-49(41-48)70-65-28-14-24-53-52-23-9-12-27-64(52)71-66(53)65/h1-41H. The molecule has 0 radical (unpaired) electrons. The summed E-state index contributed by atoms with van der Waals surface area (Å²) in [6.45, 7) is 0. The fourth-order valence-electron chi connectivity index (χ4n) is 11.3. The molecule has 11 aromatic carbocycles. The second-order valence-corrected chi connectivity index (χ2v) is 18.5. The molecule has 0 amide bonds. The van der Waals surface area contributed by atoms with Crippen LogP contribution in [0.25, 0.3) is 127 Å². The van der Waals surface area contributed by atoms with Crippen molar-refractivity contribution < 1.29 is 9.15 Å². The average Bonchev–Trinajstić information content (AvgIpc) is 4.18.